The Balaban J connectivity index is 2.56. The van der Waals surface area contributed by atoms with Crippen LogP contribution in [0.5, 0.6) is 0 Å². The lowest BCUT2D eigenvalue weighted by Gasteiger charge is -2.11. The molecule has 19 heavy (non-hydrogen) atoms. The summed E-state index contributed by atoms with van der Waals surface area (Å²) in [7, 11) is 0. The van der Waals surface area contributed by atoms with Gasteiger partial charge in [-0.05, 0) is 55.3 Å². The van der Waals surface area contributed by atoms with Crippen molar-refractivity contribution in [2.75, 3.05) is 11.5 Å². The van der Waals surface area contributed by atoms with Crippen LogP contribution in [0.25, 0.3) is 0 Å². The second-order valence-electron chi connectivity index (χ2n) is 4.59. The second kappa shape index (κ2) is 4.72. The fraction of sp³-hybridized carbons (Fsp3) is 0.133. The molecule has 0 radical (unpaired) electrons. The number of carbonyl (C=O) groups is 1. The molecule has 2 aromatic rings. The number of rotatable bonds is 2. The standard InChI is InChI=1S/C15H15FN2O/c1-8-5-10(16)6-9(2)14(8)15(19)12-4-3-11(17)7-13(12)18/h3-7H,17-18H2,1-2H3. The highest BCUT2D eigenvalue weighted by Crippen LogP contribution is 2.24. The summed E-state index contributed by atoms with van der Waals surface area (Å²) in [6, 6.07) is 7.44. The number of hydrogen-bond acceptors (Lipinski definition) is 3. The minimum Gasteiger partial charge on any atom is -0.399 e. The molecule has 0 aliphatic rings. The third-order valence-electron chi connectivity index (χ3n) is 3.04. The SMILES string of the molecule is Cc1cc(F)cc(C)c1C(=O)c1ccc(N)cc1N. The van der Waals surface area contributed by atoms with Crippen LogP contribution in [-0.2, 0) is 0 Å². The largest absolute Gasteiger partial charge is 0.399 e. The number of nitrogen functional groups attached to an aromatic ring is 2. The van der Waals surface area contributed by atoms with Crippen molar-refractivity contribution in [3.8, 4) is 0 Å². The number of carbonyl (C=O) groups excluding carboxylic acids is 1. The Bertz CT molecular complexity index is 642. The fourth-order valence-corrected chi connectivity index (χ4v) is 2.19. The number of halogens is 1. The van der Waals surface area contributed by atoms with Gasteiger partial charge in [0.1, 0.15) is 5.82 Å². The van der Waals surface area contributed by atoms with Gasteiger partial charge in [0.05, 0.1) is 0 Å². The van der Waals surface area contributed by atoms with Crippen LogP contribution in [0.15, 0.2) is 30.3 Å². The Labute approximate surface area is 111 Å². The molecule has 98 valence electrons. The lowest BCUT2D eigenvalue weighted by atomic mass is 9.94. The third kappa shape index (κ3) is 2.42. The van der Waals surface area contributed by atoms with E-state index in [1.807, 2.05) is 0 Å². The first-order valence-corrected chi connectivity index (χ1v) is 5.86. The summed E-state index contributed by atoms with van der Waals surface area (Å²) in [6.07, 6.45) is 0. The van der Waals surface area contributed by atoms with Crippen LogP contribution in [-0.4, -0.2) is 5.78 Å². The van der Waals surface area contributed by atoms with E-state index in [4.69, 9.17) is 11.5 Å². The Morgan fingerprint density at radius 1 is 1.05 bits per heavy atom. The van der Waals surface area contributed by atoms with E-state index in [0.717, 1.165) is 0 Å². The maximum atomic E-state index is 13.3. The zero-order chi connectivity index (χ0) is 14.2. The van der Waals surface area contributed by atoms with Crippen molar-refractivity contribution < 1.29 is 9.18 Å². The van der Waals surface area contributed by atoms with Crippen LogP contribution in [0.1, 0.15) is 27.0 Å². The van der Waals surface area contributed by atoms with Crippen LogP contribution >= 0.6 is 0 Å². The summed E-state index contributed by atoms with van der Waals surface area (Å²) < 4.78 is 13.3. The zero-order valence-electron chi connectivity index (χ0n) is 10.8. The Morgan fingerprint density at radius 2 is 1.63 bits per heavy atom. The fourth-order valence-electron chi connectivity index (χ4n) is 2.19. The van der Waals surface area contributed by atoms with Gasteiger partial charge in [-0.15, -0.1) is 0 Å². The molecule has 0 saturated carbocycles. The van der Waals surface area contributed by atoms with E-state index in [0.29, 0.717) is 33.6 Å². The Morgan fingerprint density at radius 3 is 2.16 bits per heavy atom. The van der Waals surface area contributed by atoms with Crippen molar-refractivity contribution in [3.05, 3.63) is 58.4 Å². The predicted molar refractivity (Wildman–Crippen MR) is 74.6 cm³/mol. The first kappa shape index (κ1) is 13.1. The molecule has 0 amide bonds. The van der Waals surface area contributed by atoms with E-state index in [1.54, 1.807) is 32.0 Å². The van der Waals surface area contributed by atoms with Crippen molar-refractivity contribution in [2.45, 2.75) is 13.8 Å². The monoisotopic (exact) mass is 258 g/mol. The first-order valence-electron chi connectivity index (χ1n) is 5.86. The van der Waals surface area contributed by atoms with Gasteiger partial charge in [0.25, 0.3) is 0 Å². The average molecular weight is 258 g/mol. The van der Waals surface area contributed by atoms with Gasteiger partial charge in [-0.3, -0.25) is 4.79 Å². The Hall–Kier alpha value is -2.36. The van der Waals surface area contributed by atoms with Gasteiger partial charge >= 0.3 is 0 Å². The number of anilines is 2. The van der Waals surface area contributed by atoms with E-state index < -0.39 is 0 Å². The second-order valence-corrected chi connectivity index (χ2v) is 4.59. The summed E-state index contributed by atoms with van der Waals surface area (Å²) in [5.41, 5.74) is 14.3. The van der Waals surface area contributed by atoms with Gasteiger partial charge in [0.15, 0.2) is 5.78 Å². The lowest BCUT2D eigenvalue weighted by Crippen LogP contribution is -2.10. The van der Waals surface area contributed by atoms with E-state index in [9.17, 15) is 9.18 Å². The van der Waals surface area contributed by atoms with Crippen molar-refractivity contribution in [1.82, 2.24) is 0 Å². The highest BCUT2D eigenvalue weighted by atomic mass is 19.1. The molecular weight excluding hydrogens is 243 g/mol. The van der Waals surface area contributed by atoms with E-state index in [2.05, 4.69) is 0 Å². The molecule has 2 rings (SSSR count). The maximum Gasteiger partial charge on any atom is 0.195 e. The smallest absolute Gasteiger partial charge is 0.195 e. The molecular formula is C15H15FN2O. The number of benzene rings is 2. The topological polar surface area (TPSA) is 69.1 Å². The van der Waals surface area contributed by atoms with Gasteiger partial charge in [-0.1, -0.05) is 0 Å². The van der Waals surface area contributed by atoms with Crippen LogP contribution in [0, 0.1) is 19.7 Å². The van der Waals surface area contributed by atoms with Crippen LogP contribution in [0.2, 0.25) is 0 Å². The molecule has 4 N–H and O–H groups in total. The molecule has 0 aromatic heterocycles. The zero-order valence-corrected chi connectivity index (χ0v) is 10.8. The van der Waals surface area contributed by atoms with Crippen molar-refractivity contribution >= 4 is 17.2 Å². The van der Waals surface area contributed by atoms with Crippen LogP contribution in [0.3, 0.4) is 0 Å². The highest BCUT2D eigenvalue weighted by molar-refractivity contribution is 6.13. The van der Waals surface area contributed by atoms with Crippen molar-refractivity contribution in [3.63, 3.8) is 0 Å². The molecule has 0 heterocycles. The summed E-state index contributed by atoms with van der Waals surface area (Å²) >= 11 is 0. The lowest BCUT2D eigenvalue weighted by molar-refractivity contribution is 0.103. The molecule has 4 heteroatoms. The molecule has 0 aliphatic carbocycles. The van der Waals surface area contributed by atoms with Gasteiger partial charge in [-0.25, -0.2) is 4.39 Å². The number of hydrogen-bond donors (Lipinski definition) is 2. The van der Waals surface area contributed by atoms with Crippen molar-refractivity contribution in [2.24, 2.45) is 0 Å². The molecule has 0 fully saturated rings. The number of aryl methyl sites for hydroxylation is 2. The van der Waals surface area contributed by atoms with E-state index in [1.165, 1.54) is 12.1 Å². The van der Waals surface area contributed by atoms with E-state index in [-0.39, 0.29) is 11.6 Å². The molecule has 2 aromatic carbocycles. The van der Waals surface area contributed by atoms with Gasteiger partial charge in [0, 0.05) is 22.5 Å². The van der Waals surface area contributed by atoms with E-state index >= 15 is 0 Å². The quantitative estimate of drug-likeness (QED) is 0.643. The third-order valence-corrected chi connectivity index (χ3v) is 3.04. The average Bonchev–Trinajstić information content (AvgIpc) is 2.26. The van der Waals surface area contributed by atoms with Gasteiger partial charge < -0.3 is 11.5 Å². The molecule has 3 nitrogen and oxygen atoms in total. The van der Waals surface area contributed by atoms with Crippen molar-refractivity contribution in [1.29, 1.82) is 0 Å². The predicted octanol–water partition coefficient (Wildman–Crippen LogP) is 2.84. The molecule has 0 atom stereocenters. The highest BCUT2D eigenvalue weighted by Gasteiger charge is 2.17. The summed E-state index contributed by atoms with van der Waals surface area (Å²) in [6.45, 7) is 3.41. The van der Waals surface area contributed by atoms with Crippen LogP contribution in [0.4, 0.5) is 15.8 Å². The molecule has 0 spiro atoms. The number of nitrogens with two attached hydrogens (primary N) is 2. The molecule has 0 aliphatic heterocycles. The molecule has 0 unspecified atom stereocenters. The minimum atomic E-state index is -0.350. The minimum absolute atomic E-state index is 0.215. The molecule has 0 bridgehead atoms. The number of ketones is 1. The Kier molecular flexibility index (Phi) is 3.25. The summed E-state index contributed by atoms with van der Waals surface area (Å²) in [5.74, 6) is -0.565. The molecule has 0 saturated heterocycles. The van der Waals surface area contributed by atoms with Gasteiger partial charge in [-0.2, -0.15) is 0 Å². The first-order chi connectivity index (χ1) is 8.90. The summed E-state index contributed by atoms with van der Waals surface area (Å²) in [4.78, 5) is 12.5. The normalized spacial score (nSPS) is 10.5. The summed E-state index contributed by atoms with van der Waals surface area (Å²) in [5, 5.41) is 0. The maximum absolute atomic E-state index is 13.3. The van der Waals surface area contributed by atoms with Gasteiger partial charge in [0.2, 0.25) is 0 Å². The van der Waals surface area contributed by atoms with Crippen LogP contribution < -0.4 is 11.5 Å².